The summed E-state index contributed by atoms with van der Waals surface area (Å²) >= 11 is 1.60. The number of benzene rings is 2. The lowest BCUT2D eigenvalue weighted by molar-refractivity contribution is -0.151. The molecule has 10 nitrogen and oxygen atoms in total. The number of likely N-dealkylation sites (N-methyl/N-ethyl adjacent to an activating group) is 1. The average Bonchev–Trinajstić information content (AvgIpc) is 3.37. The highest BCUT2D eigenvalue weighted by Crippen LogP contribution is 2.54. The van der Waals surface area contributed by atoms with Crippen LogP contribution >= 0.6 is 11.8 Å². The third-order valence-electron chi connectivity index (χ3n) is 10.1. The quantitative estimate of drug-likeness (QED) is 0.327. The van der Waals surface area contributed by atoms with Crippen LogP contribution in [0.1, 0.15) is 48.7 Å². The number of aromatic nitrogens is 2. The molecule has 2 aliphatic heterocycles. The molecule has 0 unspecified atom stereocenters. The van der Waals surface area contributed by atoms with E-state index >= 15 is 0 Å². The number of carbonyl (C=O) groups is 4. The lowest BCUT2D eigenvalue weighted by Crippen LogP contribution is -2.65. The first-order chi connectivity index (χ1) is 22.5. The van der Waals surface area contributed by atoms with Crippen molar-refractivity contribution < 1.29 is 19.2 Å². The minimum absolute atomic E-state index is 0.00170. The molecule has 3 aromatic rings. The van der Waals surface area contributed by atoms with Crippen molar-refractivity contribution in [2.45, 2.75) is 50.8 Å². The summed E-state index contributed by atoms with van der Waals surface area (Å²) in [6, 6.07) is 19.2. The van der Waals surface area contributed by atoms with E-state index in [4.69, 9.17) is 0 Å². The van der Waals surface area contributed by atoms with E-state index in [1.54, 1.807) is 40.8 Å². The van der Waals surface area contributed by atoms with Gasteiger partial charge >= 0.3 is 0 Å². The van der Waals surface area contributed by atoms with Gasteiger partial charge in [-0.2, -0.15) is 16.9 Å². The van der Waals surface area contributed by atoms with Gasteiger partial charge in [-0.05, 0) is 23.0 Å². The van der Waals surface area contributed by atoms with Gasteiger partial charge in [0.2, 0.25) is 17.7 Å². The van der Waals surface area contributed by atoms with Crippen LogP contribution in [0.15, 0.2) is 73.1 Å². The maximum atomic E-state index is 14.1. The van der Waals surface area contributed by atoms with Crippen LogP contribution in [-0.2, 0) is 26.7 Å². The van der Waals surface area contributed by atoms with Gasteiger partial charge in [0, 0.05) is 61.8 Å². The minimum atomic E-state index is -0.760. The molecule has 3 aliphatic rings. The molecular formula is C36H44N6O4S. The number of rotatable bonds is 11. The lowest BCUT2D eigenvalue weighted by atomic mass is 9.70. The first-order valence-corrected chi connectivity index (χ1v) is 17.4. The molecule has 248 valence electrons. The van der Waals surface area contributed by atoms with E-state index in [0.717, 1.165) is 17.5 Å². The first-order valence-electron chi connectivity index (χ1n) is 16.3. The molecule has 1 spiro atoms. The second-order valence-electron chi connectivity index (χ2n) is 14.1. The molecule has 4 amide bonds. The molecule has 4 atom stereocenters. The molecule has 1 aliphatic carbocycles. The fourth-order valence-electron chi connectivity index (χ4n) is 7.00. The van der Waals surface area contributed by atoms with Crippen LogP contribution in [0.3, 0.4) is 0 Å². The minimum Gasteiger partial charge on any atom is -0.357 e. The summed E-state index contributed by atoms with van der Waals surface area (Å²) in [4.78, 5) is 57.9. The molecular weight excluding hydrogens is 613 g/mol. The van der Waals surface area contributed by atoms with Crippen LogP contribution in [0, 0.1) is 22.7 Å². The van der Waals surface area contributed by atoms with Gasteiger partial charge in [0.1, 0.15) is 6.04 Å². The number of hydrogen-bond acceptors (Lipinski definition) is 6. The Kier molecular flexibility index (Phi) is 9.20. The predicted octanol–water partition coefficient (Wildman–Crippen LogP) is 3.43. The third kappa shape index (κ3) is 6.95. The Morgan fingerprint density at radius 2 is 1.55 bits per heavy atom. The van der Waals surface area contributed by atoms with E-state index in [2.05, 4.69) is 29.6 Å². The summed E-state index contributed by atoms with van der Waals surface area (Å²) < 4.78 is 1.74. The van der Waals surface area contributed by atoms with Crippen molar-refractivity contribution in [2.75, 3.05) is 33.2 Å². The summed E-state index contributed by atoms with van der Waals surface area (Å²) in [6.45, 7) is 8.08. The molecule has 0 bridgehead atoms. The highest BCUT2D eigenvalue weighted by atomic mass is 32.2. The van der Waals surface area contributed by atoms with Crippen molar-refractivity contribution in [1.82, 2.24) is 30.2 Å². The number of carbonyl (C=O) groups excluding carboxylic acids is 4. The van der Waals surface area contributed by atoms with E-state index in [1.807, 2.05) is 72.5 Å². The zero-order valence-corrected chi connectivity index (χ0v) is 28.3. The summed E-state index contributed by atoms with van der Waals surface area (Å²) in [6.07, 6.45) is 4.18. The lowest BCUT2D eigenvalue weighted by Gasteiger charge is -2.50. The molecule has 0 radical (unpaired) electrons. The summed E-state index contributed by atoms with van der Waals surface area (Å²) in [5, 5.41) is 9.99. The molecule has 2 N–H and O–H groups in total. The van der Waals surface area contributed by atoms with Crippen LogP contribution in [0.25, 0.3) is 0 Å². The molecule has 1 saturated carbocycles. The van der Waals surface area contributed by atoms with Crippen molar-refractivity contribution in [2.24, 2.45) is 22.7 Å². The molecule has 2 saturated heterocycles. The number of amides is 4. The van der Waals surface area contributed by atoms with Gasteiger partial charge in [-0.3, -0.25) is 23.9 Å². The molecule has 6 rings (SSSR count). The molecule has 3 fully saturated rings. The molecule has 3 heterocycles. The summed E-state index contributed by atoms with van der Waals surface area (Å²) in [7, 11) is 1.57. The Labute approximate surface area is 280 Å². The largest absolute Gasteiger partial charge is 0.357 e. The van der Waals surface area contributed by atoms with Gasteiger partial charge in [0.05, 0.1) is 24.2 Å². The van der Waals surface area contributed by atoms with Crippen molar-refractivity contribution in [3.63, 3.8) is 0 Å². The number of nitrogens with zero attached hydrogens (tertiary/aromatic N) is 4. The molecule has 47 heavy (non-hydrogen) atoms. The van der Waals surface area contributed by atoms with Gasteiger partial charge in [0.25, 0.3) is 5.91 Å². The Morgan fingerprint density at radius 1 is 0.936 bits per heavy atom. The number of likely N-dealkylation sites (tertiary alicyclic amines) is 2. The van der Waals surface area contributed by atoms with Gasteiger partial charge in [-0.25, -0.2) is 0 Å². The van der Waals surface area contributed by atoms with Crippen LogP contribution in [0.4, 0.5) is 0 Å². The first kappa shape index (κ1) is 32.8. The topological polar surface area (TPSA) is 117 Å². The monoisotopic (exact) mass is 656 g/mol. The van der Waals surface area contributed by atoms with Crippen LogP contribution in [0.2, 0.25) is 0 Å². The standard InChI is InChI=1S/C36H44N6O4S/c1-24(47-20-26-13-9-6-10-14-26)30(32(44)37-4)39-31(43)29-19-40(21-36(29)22-41(23-36)34(46)28-15-35(28,2)3)33(45)27-16-38-42(18-27)17-25-11-7-5-8-12-25/h5-14,16,18,24,28-30H,15,17,19-23H2,1-4H3,(H,37,44)(H,39,43)/t24-,28-,29+,30+/m1/s1. The van der Waals surface area contributed by atoms with E-state index in [9.17, 15) is 19.2 Å². The van der Waals surface area contributed by atoms with Gasteiger partial charge < -0.3 is 20.4 Å². The van der Waals surface area contributed by atoms with Gasteiger partial charge in [-0.15, -0.1) is 0 Å². The highest BCUT2D eigenvalue weighted by Gasteiger charge is 2.62. The maximum absolute atomic E-state index is 14.1. The summed E-state index contributed by atoms with van der Waals surface area (Å²) in [5.74, 6) is -0.462. The Hall–Kier alpha value is -4.12. The molecule has 1 aromatic heterocycles. The normalized spacial score (nSPS) is 21.9. The van der Waals surface area contributed by atoms with Gasteiger partial charge in [0.15, 0.2) is 0 Å². The van der Waals surface area contributed by atoms with Crippen LogP contribution < -0.4 is 10.6 Å². The van der Waals surface area contributed by atoms with E-state index in [1.165, 1.54) is 0 Å². The maximum Gasteiger partial charge on any atom is 0.257 e. The number of thioether (sulfide) groups is 1. The average molecular weight is 657 g/mol. The third-order valence-corrected chi connectivity index (χ3v) is 11.4. The van der Waals surface area contributed by atoms with Crippen molar-refractivity contribution in [3.05, 3.63) is 89.7 Å². The van der Waals surface area contributed by atoms with E-state index in [0.29, 0.717) is 37.5 Å². The number of nitrogens with one attached hydrogen (secondary N) is 2. The van der Waals surface area contributed by atoms with Crippen LogP contribution in [0.5, 0.6) is 0 Å². The zero-order valence-electron chi connectivity index (χ0n) is 27.5. The highest BCUT2D eigenvalue weighted by molar-refractivity contribution is 7.99. The predicted molar refractivity (Wildman–Crippen MR) is 181 cm³/mol. The fraction of sp³-hybridized carbons (Fsp3) is 0.472. The molecule has 2 aromatic carbocycles. The van der Waals surface area contributed by atoms with Gasteiger partial charge in [-0.1, -0.05) is 81.4 Å². The smallest absolute Gasteiger partial charge is 0.257 e. The molecule has 11 heteroatoms. The second-order valence-corrected chi connectivity index (χ2v) is 15.4. The Balaban J connectivity index is 1.18. The SMILES string of the molecule is CNC(=O)[C@@H](NC(=O)[C@@H]1CN(C(=O)c2cnn(Cc3ccccc3)c2)CC12CN(C(=O)[C@H]1CC1(C)C)C2)[C@@H](C)SCc1ccccc1. The second kappa shape index (κ2) is 13.2. The summed E-state index contributed by atoms with van der Waals surface area (Å²) in [5.41, 5.74) is 2.09. The van der Waals surface area contributed by atoms with Crippen molar-refractivity contribution in [1.29, 1.82) is 0 Å². The Bertz CT molecular complexity index is 1620. The van der Waals surface area contributed by atoms with E-state index in [-0.39, 0.29) is 46.8 Å². The van der Waals surface area contributed by atoms with Crippen LogP contribution in [-0.4, -0.2) is 87.7 Å². The fourth-order valence-corrected chi connectivity index (χ4v) is 8.03. The Morgan fingerprint density at radius 3 is 2.17 bits per heavy atom. The number of hydrogen-bond donors (Lipinski definition) is 2. The van der Waals surface area contributed by atoms with E-state index < -0.39 is 17.4 Å². The van der Waals surface area contributed by atoms with Crippen molar-refractivity contribution >= 4 is 35.4 Å². The van der Waals surface area contributed by atoms with Crippen molar-refractivity contribution in [3.8, 4) is 0 Å². The zero-order chi connectivity index (χ0) is 33.3.